The van der Waals surface area contributed by atoms with E-state index in [4.69, 9.17) is 0 Å². The van der Waals surface area contributed by atoms with Crippen molar-refractivity contribution in [3.63, 3.8) is 0 Å². The summed E-state index contributed by atoms with van der Waals surface area (Å²) in [6.45, 7) is 0. The summed E-state index contributed by atoms with van der Waals surface area (Å²) in [5.74, 6) is -8.22. The fourth-order valence-electron chi connectivity index (χ4n) is 0.511. The van der Waals surface area contributed by atoms with Crippen LogP contribution in [-0.2, 0) is 14.3 Å². The van der Waals surface area contributed by atoms with Crippen molar-refractivity contribution in [1.29, 1.82) is 0 Å². The number of rotatable bonds is 4. The van der Waals surface area contributed by atoms with Crippen LogP contribution in [0.2, 0.25) is 0 Å². The van der Waals surface area contributed by atoms with E-state index in [-0.39, 0.29) is 6.08 Å². The van der Waals surface area contributed by atoms with Gasteiger partial charge in [0.25, 0.3) is 0 Å². The quantitative estimate of drug-likeness (QED) is 0.346. The van der Waals surface area contributed by atoms with E-state index in [0.29, 0.717) is 0 Å². The van der Waals surface area contributed by atoms with Crippen molar-refractivity contribution in [2.45, 2.75) is 24.8 Å². The van der Waals surface area contributed by atoms with Gasteiger partial charge in [-0.2, -0.15) is 26.3 Å². The molecule has 19 heavy (non-hydrogen) atoms. The maximum absolute atomic E-state index is 12.4. The first-order valence-electron chi connectivity index (χ1n) is 3.97. The monoisotopic (exact) mass is 306 g/mol. The van der Waals surface area contributed by atoms with Gasteiger partial charge in [0.15, 0.2) is 0 Å². The molecule has 1 atom stereocenters. The predicted molar refractivity (Wildman–Crippen MR) is 38.3 cm³/mol. The Labute approximate surface area is 98.1 Å². The first-order chi connectivity index (χ1) is 8.27. The lowest BCUT2D eigenvalue weighted by atomic mass is 10.3. The summed E-state index contributed by atoms with van der Waals surface area (Å²) >= 11 is 0. The third kappa shape index (κ3) is 5.70. The summed E-state index contributed by atoms with van der Waals surface area (Å²) in [6.07, 6.45) is -16.7. The zero-order valence-corrected chi connectivity index (χ0v) is 8.36. The molecule has 12 heteroatoms. The molecule has 3 nitrogen and oxygen atoms in total. The maximum atomic E-state index is 12.4. The van der Waals surface area contributed by atoms with Crippen LogP contribution >= 0.6 is 0 Å². The highest BCUT2D eigenvalue weighted by Gasteiger charge is 2.65. The highest BCUT2D eigenvalue weighted by molar-refractivity contribution is 5.81. The van der Waals surface area contributed by atoms with Crippen LogP contribution in [0.4, 0.5) is 39.5 Å². The van der Waals surface area contributed by atoms with Crippen LogP contribution in [0.3, 0.4) is 0 Å². The van der Waals surface area contributed by atoms with Crippen LogP contribution in [0.25, 0.3) is 0 Å². The Morgan fingerprint density at radius 3 is 1.84 bits per heavy atom. The lowest BCUT2D eigenvalue weighted by Gasteiger charge is -2.22. The molecule has 0 aliphatic rings. The summed E-state index contributed by atoms with van der Waals surface area (Å²) in [7, 11) is 0. The molecule has 0 aromatic carbocycles. The molecule has 0 N–H and O–H groups in total. The second kappa shape index (κ2) is 5.57. The van der Waals surface area contributed by atoms with Crippen molar-refractivity contribution in [2.75, 3.05) is 0 Å². The van der Waals surface area contributed by atoms with Crippen LogP contribution in [0.15, 0.2) is 12.3 Å². The van der Waals surface area contributed by atoms with Crippen molar-refractivity contribution < 1.29 is 53.8 Å². The first-order valence-corrected chi connectivity index (χ1v) is 3.97. The molecule has 0 saturated carbocycles. The van der Waals surface area contributed by atoms with Crippen LogP contribution in [0.1, 0.15) is 0 Å². The zero-order chi connectivity index (χ0) is 15.5. The number of ether oxygens (including phenoxy) is 2. The topological polar surface area (TPSA) is 35.5 Å². The zero-order valence-electron chi connectivity index (χ0n) is 8.36. The Bertz CT molecular complexity index is 343. The summed E-state index contributed by atoms with van der Waals surface area (Å²) in [5, 5.41) is 0. The molecular weight excluding hydrogens is 303 g/mol. The van der Waals surface area contributed by atoms with Crippen LogP contribution in [-0.4, -0.2) is 30.8 Å². The molecule has 0 aromatic rings. The molecule has 0 fully saturated rings. The molecule has 0 radical (unpaired) electrons. The standard InChI is InChI=1S/C7H3F9O3/c8-4(5(9,10)6(11,12)13)19-3(17)1-2-18-7(14,15)16/h1-2,4H. The lowest BCUT2D eigenvalue weighted by Crippen LogP contribution is -2.46. The van der Waals surface area contributed by atoms with Gasteiger partial charge in [-0.05, 0) is 0 Å². The molecule has 0 saturated heterocycles. The van der Waals surface area contributed by atoms with Gasteiger partial charge < -0.3 is 9.47 Å². The van der Waals surface area contributed by atoms with Gasteiger partial charge in [0, 0.05) is 0 Å². The number of hydrogen-bond acceptors (Lipinski definition) is 3. The fraction of sp³-hybridized carbons (Fsp3) is 0.571. The molecule has 0 aliphatic carbocycles. The third-order valence-electron chi connectivity index (χ3n) is 1.29. The molecule has 0 rings (SSSR count). The fourth-order valence-corrected chi connectivity index (χ4v) is 0.511. The highest BCUT2D eigenvalue weighted by Crippen LogP contribution is 2.39. The van der Waals surface area contributed by atoms with E-state index in [1.807, 2.05) is 0 Å². The van der Waals surface area contributed by atoms with E-state index in [2.05, 4.69) is 9.47 Å². The van der Waals surface area contributed by atoms with Gasteiger partial charge >= 0.3 is 30.8 Å². The number of halogens is 9. The molecule has 112 valence electrons. The van der Waals surface area contributed by atoms with E-state index in [9.17, 15) is 44.3 Å². The lowest BCUT2D eigenvalue weighted by molar-refractivity contribution is -0.334. The summed E-state index contributed by atoms with van der Waals surface area (Å²) < 4.78 is 111. The Kier molecular flexibility index (Phi) is 5.09. The van der Waals surface area contributed by atoms with E-state index >= 15 is 0 Å². The van der Waals surface area contributed by atoms with Crippen molar-refractivity contribution in [1.82, 2.24) is 0 Å². The van der Waals surface area contributed by atoms with Gasteiger partial charge in [0.1, 0.15) is 6.26 Å². The average Bonchev–Trinajstić information content (AvgIpc) is 2.13. The average molecular weight is 306 g/mol. The minimum atomic E-state index is -6.33. The highest BCUT2D eigenvalue weighted by atomic mass is 19.4. The Balaban J connectivity index is 4.51. The van der Waals surface area contributed by atoms with Crippen LogP contribution in [0, 0.1) is 0 Å². The molecule has 0 heterocycles. The first kappa shape index (κ1) is 17.4. The summed E-state index contributed by atoms with van der Waals surface area (Å²) in [5.41, 5.74) is 0. The Morgan fingerprint density at radius 1 is 1.00 bits per heavy atom. The summed E-state index contributed by atoms with van der Waals surface area (Å²) in [6, 6.07) is 0. The molecule has 0 amide bonds. The van der Waals surface area contributed by atoms with Gasteiger partial charge in [-0.15, -0.1) is 13.2 Å². The van der Waals surface area contributed by atoms with E-state index in [0.717, 1.165) is 0 Å². The second-order valence-electron chi connectivity index (χ2n) is 2.74. The van der Waals surface area contributed by atoms with Gasteiger partial charge in [-0.25, -0.2) is 4.79 Å². The van der Waals surface area contributed by atoms with Gasteiger partial charge in [-0.3, -0.25) is 0 Å². The van der Waals surface area contributed by atoms with Crippen molar-refractivity contribution in [2.24, 2.45) is 0 Å². The number of hydrogen-bond donors (Lipinski definition) is 0. The largest absolute Gasteiger partial charge is 0.572 e. The van der Waals surface area contributed by atoms with Crippen molar-refractivity contribution >= 4 is 5.97 Å². The predicted octanol–water partition coefficient (Wildman–Crippen LogP) is 3.07. The summed E-state index contributed by atoms with van der Waals surface area (Å²) in [4.78, 5) is 10.4. The maximum Gasteiger partial charge on any atom is 0.572 e. The SMILES string of the molecule is O=C(C=COC(F)(F)F)OC(F)C(F)(F)C(F)(F)F. The van der Waals surface area contributed by atoms with Gasteiger partial charge in [0.05, 0.1) is 6.08 Å². The molecular formula is C7H3F9O3. The van der Waals surface area contributed by atoms with E-state index in [1.165, 1.54) is 0 Å². The van der Waals surface area contributed by atoms with E-state index in [1.54, 1.807) is 0 Å². The smallest absolute Gasteiger partial charge is 0.421 e. The third-order valence-corrected chi connectivity index (χ3v) is 1.29. The molecule has 0 aliphatic heterocycles. The second-order valence-corrected chi connectivity index (χ2v) is 2.74. The molecule has 0 bridgehead atoms. The van der Waals surface area contributed by atoms with Gasteiger partial charge in [0.2, 0.25) is 0 Å². The van der Waals surface area contributed by atoms with Crippen molar-refractivity contribution in [3.8, 4) is 0 Å². The number of carbonyl (C=O) groups excluding carboxylic acids is 1. The number of alkyl halides is 9. The Morgan fingerprint density at radius 2 is 1.47 bits per heavy atom. The van der Waals surface area contributed by atoms with Crippen LogP contribution in [0.5, 0.6) is 0 Å². The van der Waals surface area contributed by atoms with E-state index < -0.39 is 37.1 Å². The molecule has 1 unspecified atom stereocenters. The normalized spacial score (nSPS) is 15.4. The Hall–Kier alpha value is -1.62. The number of esters is 1. The van der Waals surface area contributed by atoms with Crippen LogP contribution < -0.4 is 0 Å². The minimum absolute atomic E-state index is 0.327. The minimum Gasteiger partial charge on any atom is -0.421 e. The molecule has 0 aromatic heterocycles. The van der Waals surface area contributed by atoms with Gasteiger partial charge in [-0.1, -0.05) is 0 Å². The van der Waals surface area contributed by atoms with Crippen molar-refractivity contribution in [3.05, 3.63) is 12.3 Å². The number of carbonyl (C=O) groups is 1. The molecule has 0 spiro atoms.